The van der Waals surface area contributed by atoms with Crippen LogP contribution < -0.4 is 0 Å². The fraction of sp³-hybridized carbons (Fsp3) is 1.00. The average molecular weight is 146 g/mol. The van der Waals surface area contributed by atoms with Crippen molar-refractivity contribution in [1.82, 2.24) is 0 Å². The normalized spacial score (nSPS) is 33.9. The van der Waals surface area contributed by atoms with Gasteiger partial charge in [0.25, 0.3) is 0 Å². The van der Waals surface area contributed by atoms with Gasteiger partial charge in [0, 0.05) is 0 Å². The third kappa shape index (κ3) is 1.95. The zero-order chi connectivity index (χ0) is 7.56. The molecule has 1 rings (SSSR count). The average Bonchev–Trinajstić information content (AvgIpc) is 1.88. The topological polar surface area (TPSA) is 40.5 Å². The van der Waals surface area contributed by atoms with Crippen molar-refractivity contribution in [3.63, 3.8) is 0 Å². The van der Waals surface area contributed by atoms with Crippen LogP contribution in [-0.4, -0.2) is 23.3 Å². The fourth-order valence-electron chi connectivity index (χ4n) is 1.44. The molecule has 1 aliphatic rings. The maximum Gasteiger partial charge on any atom is 0.454 e. The molecular formula is C6H12BFO2. The van der Waals surface area contributed by atoms with E-state index in [1.807, 2.05) is 0 Å². The van der Waals surface area contributed by atoms with Gasteiger partial charge in [-0.2, -0.15) is 0 Å². The zero-order valence-corrected chi connectivity index (χ0v) is 5.83. The van der Waals surface area contributed by atoms with Gasteiger partial charge in [-0.3, -0.25) is 0 Å². The molecule has 1 saturated carbocycles. The minimum Gasteiger partial charge on any atom is -0.427 e. The standard InChI is InChI=1S/C6H12BFO2/c8-6-3-1-2-5(4-6)7(9)10/h5-6,9-10H,1-4H2. The summed E-state index contributed by atoms with van der Waals surface area (Å²) in [6.07, 6.45) is 1.61. The summed E-state index contributed by atoms with van der Waals surface area (Å²) in [6, 6.07) is 0. The molecular weight excluding hydrogens is 134 g/mol. The smallest absolute Gasteiger partial charge is 0.427 e. The summed E-state index contributed by atoms with van der Waals surface area (Å²) >= 11 is 0. The third-order valence-corrected chi connectivity index (χ3v) is 2.07. The van der Waals surface area contributed by atoms with Gasteiger partial charge >= 0.3 is 7.12 Å². The summed E-state index contributed by atoms with van der Waals surface area (Å²) < 4.78 is 12.6. The van der Waals surface area contributed by atoms with Crippen LogP contribution in [0.25, 0.3) is 0 Å². The fourth-order valence-corrected chi connectivity index (χ4v) is 1.44. The van der Waals surface area contributed by atoms with Gasteiger partial charge in [-0.25, -0.2) is 4.39 Å². The Hall–Kier alpha value is -0.0851. The van der Waals surface area contributed by atoms with E-state index >= 15 is 0 Å². The molecule has 58 valence electrons. The van der Waals surface area contributed by atoms with Crippen LogP contribution in [0.2, 0.25) is 5.82 Å². The van der Waals surface area contributed by atoms with Gasteiger partial charge in [0.05, 0.1) is 6.17 Å². The Morgan fingerprint density at radius 2 is 2.00 bits per heavy atom. The second-order valence-electron chi connectivity index (χ2n) is 2.94. The predicted octanol–water partition coefficient (Wildman–Crippen LogP) is 0.741. The maximum absolute atomic E-state index is 12.6. The first-order chi connectivity index (χ1) is 4.70. The Bertz CT molecular complexity index is 110. The number of rotatable bonds is 1. The molecule has 0 aromatic rings. The van der Waals surface area contributed by atoms with Gasteiger partial charge in [-0.1, -0.05) is 12.8 Å². The lowest BCUT2D eigenvalue weighted by atomic mass is 9.65. The molecule has 10 heavy (non-hydrogen) atoms. The number of hydrogen-bond acceptors (Lipinski definition) is 2. The Labute approximate surface area is 60.2 Å². The van der Waals surface area contributed by atoms with Gasteiger partial charge in [0.15, 0.2) is 0 Å². The Morgan fingerprint density at radius 3 is 2.40 bits per heavy atom. The molecule has 2 N–H and O–H groups in total. The van der Waals surface area contributed by atoms with E-state index in [4.69, 9.17) is 10.0 Å². The SMILES string of the molecule is OB(O)C1CCCC(F)C1. The van der Waals surface area contributed by atoms with E-state index in [0.29, 0.717) is 12.8 Å². The Morgan fingerprint density at radius 1 is 1.30 bits per heavy atom. The molecule has 2 nitrogen and oxygen atoms in total. The molecule has 4 heteroatoms. The molecule has 0 bridgehead atoms. The van der Waals surface area contributed by atoms with Crippen molar-refractivity contribution < 1.29 is 14.4 Å². The molecule has 0 saturated heterocycles. The second kappa shape index (κ2) is 3.35. The summed E-state index contributed by atoms with van der Waals surface area (Å²) in [5.41, 5.74) is 0. The van der Waals surface area contributed by atoms with Gasteiger partial charge in [-0.05, 0) is 18.7 Å². The minimum absolute atomic E-state index is 0.233. The van der Waals surface area contributed by atoms with Crippen LogP contribution in [0.4, 0.5) is 4.39 Å². The molecule has 0 aromatic carbocycles. The van der Waals surface area contributed by atoms with E-state index in [-0.39, 0.29) is 5.82 Å². The molecule has 1 fully saturated rings. The molecule has 0 amide bonds. The van der Waals surface area contributed by atoms with Gasteiger partial charge in [0.1, 0.15) is 0 Å². The molecule has 0 aromatic heterocycles. The second-order valence-corrected chi connectivity index (χ2v) is 2.94. The first-order valence-electron chi connectivity index (χ1n) is 3.70. The van der Waals surface area contributed by atoms with Crippen LogP contribution in [0, 0.1) is 0 Å². The molecule has 0 heterocycles. The maximum atomic E-state index is 12.6. The highest BCUT2D eigenvalue weighted by molar-refractivity contribution is 6.43. The van der Waals surface area contributed by atoms with E-state index < -0.39 is 13.3 Å². The van der Waals surface area contributed by atoms with Gasteiger partial charge in [0.2, 0.25) is 0 Å². The highest BCUT2D eigenvalue weighted by atomic mass is 19.1. The van der Waals surface area contributed by atoms with E-state index in [0.717, 1.165) is 12.8 Å². The summed E-state index contributed by atoms with van der Waals surface area (Å²) in [6.45, 7) is 0. The Kier molecular flexibility index (Phi) is 2.68. The van der Waals surface area contributed by atoms with Crippen molar-refractivity contribution in [2.75, 3.05) is 0 Å². The van der Waals surface area contributed by atoms with Crippen molar-refractivity contribution in [2.45, 2.75) is 37.7 Å². The first-order valence-corrected chi connectivity index (χ1v) is 3.70. The number of alkyl halides is 1. The largest absolute Gasteiger partial charge is 0.454 e. The summed E-state index contributed by atoms with van der Waals surface area (Å²) in [5.74, 6) is -0.233. The van der Waals surface area contributed by atoms with Crippen LogP contribution in [0.1, 0.15) is 25.7 Å². The van der Waals surface area contributed by atoms with E-state index in [2.05, 4.69) is 0 Å². The van der Waals surface area contributed by atoms with Crippen molar-refractivity contribution in [1.29, 1.82) is 0 Å². The monoisotopic (exact) mass is 146 g/mol. The highest BCUT2D eigenvalue weighted by Crippen LogP contribution is 2.31. The third-order valence-electron chi connectivity index (χ3n) is 2.07. The van der Waals surface area contributed by atoms with E-state index in [9.17, 15) is 4.39 Å². The van der Waals surface area contributed by atoms with Crippen LogP contribution in [-0.2, 0) is 0 Å². The molecule has 0 radical (unpaired) electrons. The van der Waals surface area contributed by atoms with E-state index in [1.54, 1.807) is 0 Å². The van der Waals surface area contributed by atoms with Crippen LogP contribution in [0.15, 0.2) is 0 Å². The lowest BCUT2D eigenvalue weighted by Crippen LogP contribution is -2.26. The molecule has 0 aliphatic heterocycles. The molecule has 2 unspecified atom stereocenters. The zero-order valence-electron chi connectivity index (χ0n) is 5.83. The Balaban J connectivity index is 2.32. The predicted molar refractivity (Wildman–Crippen MR) is 37.3 cm³/mol. The molecule has 0 spiro atoms. The van der Waals surface area contributed by atoms with Crippen LogP contribution >= 0.6 is 0 Å². The van der Waals surface area contributed by atoms with Gasteiger partial charge in [-0.15, -0.1) is 0 Å². The van der Waals surface area contributed by atoms with Crippen molar-refractivity contribution in [2.24, 2.45) is 0 Å². The van der Waals surface area contributed by atoms with Crippen molar-refractivity contribution >= 4 is 7.12 Å². The molecule has 2 atom stereocenters. The van der Waals surface area contributed by atoms with Crippen molar-refractivity contribution in [3.05, 3.63) is 0 Å². The quantitative estimate of drug-likeness (QED) is 0.535. The summed E-state index contributed by atoms with van der Waals surface area (Å²) in [4.78, 5) is 0. The van der Waals surface area contributed by atoms with Gasteiger partial charge < -0.3 is 10.0 Å². The van der Waals surface area contributed by atoms with Crippen LogP contribution in [0.5, 0.6) is 0 Å². The summed E-state index contributed by atoms with van der Waals surface area (Å²) in [7, 11) is -1.32. The first kappa shape index (κ1) is 8.02. The number of halogens is 1. The van der Waals surface area contributed by atoms with E-state index in [1.165, 1.54) is 0 Å². The molecule has 1 aliphatic carbocycles. The highest BCUT2D eigenvalue weighted by Gasteiger charge is 2.29. The summed E-state index contributed by atoms with van der Waals surface area (Å²) in [5, 5.41) is 17.4. The van der Waals surface area contributed by atoms with Crippen molar-refractivity contribution in [3.8, 4) is 0 Å². The lowest BCUT2D eigenvalue weighted by molar-refractivity contribution is 0.231. The number of hydrogen-bond donors (Lipinski definition) is 2. The lowest BCUT2D eigenvalue weighted by Gasteiger charge is -2.23. The van der Waals surface area contributed by atoms with Crippen LogP contribution in [0.3, 0.4) is 0 Å². The minimum atomic E-state index is -1.32.